The van der Waals surface area contributed by atoms with Crippen LogP contribution in [-0.2, 0) is 4.79 Å². The van der Waals surface area contributed by atoms with Gasteiger partial charge in [0.2, 0.25) is 0 Å². The summed E-state index contributed by atoms with van der Waals surface area (Å²) < 4.78 is 0. The van der Waals surface area contributed by atoms with Gasteiger partial charge in [0, 0.05) is 18.7 Å². The summed E-state index contributed by atoms with van der Waals surface area (Å²) in [5.41, 5.74) is 0. The van der Waals surface area contributed by atoms with E-state index in [-0.39, 0.29) is 0 Å². The summed E-state index contributed by atoms with van der Waals surface area (Å²) in [5.74, 6) is 0.756. The first-order valence-electron chi connectivity index (χ1n) is 5.04. The van der Waals surface area contributed by atoms with Crippen molar-refractivity contribution in [3.05, 3.63) is 0 Å². The zero-order valence-electron chi connectivity index (χ0n) is 8.68. The molecule has 0 radical (unpaired) electrons. The summed E-state index contributed by atoms with van der Waals surface area (Å²) in [6.45, 7) is 7.45. The predicted octanol–water partition coefficient (Wildman–Crippen LogP) is 2.31. The zero-order chi connectivity index (χ0) is 10.1. The molecule has 13 heavy (non-hydrogen) atoms. The topological polar surface area (TPSA) is 20.3 Å². The van der Waals surface area contributed by atoms with Gasteiger partial charge in [0.25, 0.3) is 0 Å². The molecular weight excluding hydrogens is 186 g/mol. The predicted molar refractivity (Wildman–Crippen MR) is 57.4 cm³/mol. The molecule has 0 spiro atoms. The van der Waals surface area contributed by atoms with Crippen LogP contribution in [0.2, 0.25) is 0 Å². The summed E-state index contributed by atoms with van der Waals surface area (Å²) in [5, 5.41) is 0. The fourth-order valence-corrected chi connectivity index (χ4v) is 1.48. The van der Waals surface area contributed by atoms with Crippen LogP contribution < -0.4 is 0 Å². The van der Waals surface area contributed by atoms with E-state index in [2.05, 4.69) is 18.7 Å². The van der Waals surface area contributed by atoms with Crippen molar-refractivity contribution in [2.75, 3.05) is 25.5 Å². The second-order valence-electron chi connectivity index (χ2n) is 3.11. The molecule has 78 valence electrons. The number of carbonyl (C=O) groups is 1. The number of rotatable bonds is 8. The lowest BCUT2D eigenvalue weighted by molar-refractivity contribution is -0.118. The van der Waals surface area contributed by atoms with E-state index in [9.17, 15) is 4.79 Å². The van der Waals surface area contributed by atoms with Crippen LogP contribution in [0, 0.1) is 0 Å². The van der Waals surface area contributed by atoms with Gasteiger partial charge in [0.1, 0.15) is 5.78 Å². The van der Waals surface area contributed by atoms with Crippen LogP contribution in [0.4, 0.5) is 0 Å². The van der Waals surface area contributed by atoms with Crippen molar-refractivity contribution in [1.29, 1.82) is 0 Å². The van der Waals surface area contributed by atoms with Crippen LogP contribution in [-0.4, -0.2) is 36.2 Å². The molecule has 0 aliphatic heterocycles. The minimum Gasteiger partial charge on any atom is -0.304 e. The van der Waals surface area contributed by atoms with Gasteiger partial charge in [0.15, 0.2) is 0 Å². The average Bonchev–Trinajstić information content (AvgIpc) is 2.13. The normalized spacial score (nSPS) is 10.8. The molecule has 0 bridgehead atoms. The Labute approximate surface area is 86.2 Å². The molecule has 0 fully saturated rings. The van der Waals surface area contributed by atoms with Crippen molar-refractivity contribution in [2.24, 2.45) is 0 Å². The van der Waals surface area contributed by atoms with E-state index in [4.69, 9.17) is 11.6 Å². The first-order chi connectivity index (χ1) is 6.24. The van der Waals surface area contributed by atoms with Crippen LogP contribution in [0.3, 0.4) is 0 Å². The molecule has 0 amide bonds. The SMILES string of the molecule is CCN(CC)CCCC(=O)CCCl. The number of carbonyl (C=O) groups excluding carboxylic acids is 1. The number of Topliss-reactive ketones (excluding diaryl/α,β-unsaturated/α-hetero) is 1. The molecule has 0 heterocycles. The molecule has 3 heteroatoms. The third kappa shape index (κ3) is 7.03. The Morgan fingerprint density at radius 2 is 1.85 bits per heavy atom. The number of ketones is 1. The van der Waals surface area contributed by atoms with Crippen LogP contribution >= 0.6 is 11.6 Å². The highest BCUT2D eigenvalue weighted by atomic mass is 35.5. The van der Waals surface area contributed by atoms with Gasteiger partial charge in [-0.05, 0) is 26.1 Å². The highest BCUT2D eigenvalue weighted by Crippen LogP contribution is 1.99. The molecule has 0 unspecified atom stereocenters. The summed E-state index contributed by atoms with van der Waals surface area (Å²) in [7, 11) is 0. The van der Waals surface area contributed by atoms with Crippen LogP contribution in [0.25, 0.3) is 0 Å². The minimum atomic E-state index is 0.294. The van der Waals surface area contributed by atoms with Gasteiger partial charge >= 0.3 is 0 Å². The Kier molecular flexibility index (Phi) is 8.46. The fourth-order valence-electron chi connectivity index (χ4n) is 1.27. The molecule has 0 rings (SSSR count). The molecule has 0 N–H and O–H groups in total. The van der Waals surface area contributed by atoms with Crippen molar-refractivity contribution in [1.82, 2.24) is 4.90 Å². The smallest absolute Gasteiger partial charge is 0.134 e. The first-order valence-corrected chi connectivity index (χ1v) is 5.58. The highest BCUT2D eigenvalue weighted by Gasteiger charge is 2.02. The maximum absolute atomic E-state index is 11.1. The quantitative estimate of drug-likeness (QED) is 0.567. The largest absolute Gasteiger partial charge is 0.304 e. The second kappa shape index (κ2) is 8.52. The zero-order valence-corrected chi connectivity index (χ0v) is 9.44. The van der Waals surface area contributed by atoms with E-state index in [1.807, 2.05) is 0 Å². The minimum absolute atomic E-state index is 0.294. The standard InChI is InChI=1S/C10H20ClNO/c1-3-12(4-2)9-5-6-10(13)7-8-11/h3-9H2,1-2H3. The first kappa shape index (κ1) is 12.9. The summed E-state index contributed by atoms with van der Waals surface area (Å²) >= 11 is 5.46. The number of hydrogen-bond donors (Lipinski definition) is 0. The second-order valence-corrected chi connectivity index (χ2v) is 3.49. The molecule has 0 aromatic carbocycles. The van der Waals surface area contributed by atoms with Crippen molar-refractivity contribution >= 4 is 17.4 Å². The average molecular weight is 206 g/mol. The van der Waals surface area contributed by atoms with Crippen LogP contribution in [0.15, 0.2) is 0 Å². The van der Waals surface area contributed by atoms with Crippen LogP contribution in [0.5, 0.6) is 0 Å². The molecule has 0 saturated heterocycles. The number of alkyl halides is 1. The third-order valence-corrected chi connectivity index (χ3v) is 2.39. The Balaban J connectivity index is 3.37. The molecule has 0 saturated carbocycles. The maximum Gasteiger partial charge on any atom is 0.134 e. The Morgan fingerprint density at radius 1 is 1.23 bits per heavy atom. The van der Waals surface area contributed by atoms with Crippen molar-refractivity contribution < 1.29 is 4.79 Å². The summed E-state index contributed by atoms with van der Waals surface area (Å²) in [6.07, 6.45) is 2.18. The Bertz CT molecular complexity index is 135. The van der Waals surface area contributed by atoms with Gasteiger partial charge in [-0.1, -0.05) is 13.8 Å². The monoisotopic (exact) mass is 205 g/mol. The molecular formula is C10H20ClNO. The van der Waals surface area contributed by atoms with Gasteiger partial charge < -0.3 is 4.90 Å². The van der Waals surface area contributed by atoms with Crippen molar-refractivity contribution in [3.63, 3.8) is 0 Å². The summed E-state index contributed by atoms with van der Waals surface area (Å²) in [4.78, 5) is 13.4. The van der Waals surface area contributed by atoms with E-state index in [1.165, 1.54) is 0 Å². The lowest BCUT2D eigenvalue weighted by Gasteiger charge is -2.17. The van der Waals surface area contributed by atoms with Gasteiger partial charge in [-0.25, -0.2) is 0 Å². The Hall–Kier alpha value is -0.0800. The van der Waals surface area contributed by atoms with Gasteiger partial charge in [-0.2, -0.15) is 0 Å². The van der Waals surface area contributed by atoms with Crippen molar-refractivity contribution in [3.8, 4) is 0 Å². The number of nitrogens with zero attached hydrogens (tertiary/aromatic N) is 1. The van der Waals surface area contributed by atoms with Crippen LogP contribution in [0.1, 0.15) is 33.1 Å². The molecule has 0 aliphatic rings. The third-order valence-electron chi connectivity index (χ3n) is 2.20. The lowest BCUT2D eigenvalue weighted by Crippen LogP contribution is -2.24. The molecule has 0 aliphatic carbocycles. The number of halogens is 1. The Morgan fingerprint density at radius 3 is 2.31 bits per heavy atom. The van der Waals surface area contributed by atoms with E-state index in [0.717, 1.165) is 26.1 Å². The lowest BCUT2D eigenvalue weighted by atomic mass is 10.2. The van der Waals surface area contributed by atoms with Gasteiger partial charge in [-0.3, -0.25) is 4.79 Å². The molecule has 2 nitrogen and oxygen atoms in total. The fraction of sp³-hybridized carbons (Fsp3) is 0.900. The van der Waals surface area contributed by atoms with E-state index in [1.54, 1.807) is 0 Å². The van der Waals surface area contributed by atoms with Crippen molar-refractivity contribution in [2.45, 2.75) is 33.1 Å². The van der Waals surface area contributed by atoms with E-state index in [0.29, 0.717) is 24.5 Å². The maximum atomic E-state index is 11.1. The molecule has 0 atom stereocenters. The summed E-state index contributed by atoms with van der Waals surface area (Å²) in [6, 6.07) is 0. The highest BCUT2D eigenvalue weighted by molar-refractivity contribution is 6.19. The van der Waals surface area contributed by atoms with Gasteiger partial charge in [-0.15, -0.1) is 11.6 Å². The van der Waals surface area contributed by atoms with E-state index < -0.39 is 0 Å². The van der Waals surface area contributed by atoms with E-state index >= 15 is 0 Å². The molecule has 0 aromatic rings. The van der Waals surface area contributed by atoms with Gasteiger partial charge in [0.05, 0.1) is 0 Å². The molecule has 0 aromatic heterocycles. The number of hydrogen-bond acceptors (Lipinski definition) is 2.